The van der Waals surface area contributed by atoms with Gasteiger partial charge in [0.25, 0.3) is 11.8 Å². The van der Waals surface area contributed by atoms with Gasteiger partial charge in [0.15, 0.2) is 0 Å². The summed E-state index contributed by atoms with van der Waals surface area (Å²) in [5.74, 6) is -7.29. The van der Waals surface area contributed by atoms with Gasteiger partial charge in [-0.25, -0.2) is 0 Å². The second-order valence-corrected chi connectivity index (χ2v) is 8.93. The van der Waals surface area contributed by atoms with E-state index in [4.69, 9.17) is 43.1 Å². The fourth-order valence-corrected chi connectivity index (χ4v) is 4.42. The molecule has 174 valence electrons. The van der Waals surface area contributed by atoms with Crippen LogP contribution in [0.15, 0.2) is 24.3 Å². The molecule has 0 bridgehead atoms. The van der Waals surface area contributed by atoms with Gasteiger partial charge in [-0.05, 0) is 23.6 Å². The number of imide groups is 1. The molecule has 0 spiro atoms. The van der Waals surface area contributed by atoms with Gasteiger partial charge in [0.05, 0.1) is 0 Å². The van der Waals surface area contributed by atoms with Crippen LogP contribution in [0.3, 0.4) is 0 Å². The number of carbonyl (C=O) groups is 4. The van der Waals surface area contributed by atoms with E-state index in [2.05, 4.69) is 5.32 Å². The number of hydrogen-bond donors (Lipinski definition) is 1. The number of rotatable bonds is 5. The van der Waals surface area contributed by atoms with Crippen LogP contribution in [0.1, 0.15) is 39.9 Å². The molecule has 36 heavy (non-hydrogen) atoms. The first-order chi connectivity index (χ1) is 16.8. The number of benzene rings is 2. The van der Waals surface area contributed by atoms with Crippen LogP contribution in [0.2, 0.25) is 5.02 Å². The molecule has 2 aliphatic rings. The van der Waals surface area contributed by atoms with Gasteiger partial charge in [-0.3, -0.25) is 24.5 Å². The predicted octanol–water partition coefficient (Wildman–Crippen LogP) is -1.31. The average Bonchev–Trinajstić information content (AvgIpc) is 3.14. The summed E-state index contributed by atoms with van der Waals surface area (Å²) in [5.41, 5.74) is -0.973. The first-order valence-electron chi connectivity index (χ1n) is 10.7. The van der Waals surface area contributed by atoms with Crippen molar-refractivity contribution in [1.82, 2.24) is 15.0 Å². The van der Waals surface area contributed by atoms with Crippen LogP contribution in [0.5, 0.6) is 0 Å². The molecule has 8 radical (unpaired) electrons. The van der Waals surface area contributed by atoms with Gasteiger partial charge >= 0.3 is 5.92 Å². The minimum atomic E-state index is -4.17. The summed E-state index contributed by atoms with van der Waals surface area (Å²) in [4.78, 5) is 50.6. The summed E-state index contributed by atoms with van der Waals surface area (Å²) in [5, 5.41) is 2.00. The Bertz CT molecular complexity index is 1330. The molecular formula is C22H14B4ClF2N3O4. The number of alkyl halides is 2. The zero-order chi connectivity index (χ0) is 26.5. The predicted molar refractivity (Wildman–Crippen MR) is 130 cm³/mol. The Morgan fingerprint density at radius 2 is 1.86 bits per heavy atom. The van der Waals surface area contributed by atoms with Crippen LogP contribution in [0, 0.1) is 0 Å². The van der Waals surface area contributed by atoms with E-state index in [1.54, 1.807) is 0 Å². The SMILES string of the molecule is [B]c1cc(C(F)(F)C(=O)N([B])Cc2ccc3c(c2)CN(C2CCC(=O)NC2=O)C3=O)c([B])c([B])c1Cl. The minimum absolute atomic E-state index is 0.0722. The standard InChI is InChI=1S/C22H14B4ClF2N3O4/c23-13-6-12(16(24)17(25)18(13)27)22(28,29)21(36)32(26)7-9-1-2-11-10(5-9)8-31(20(11)35)14-3-4-15(33)30-19(14)34/h1-2,5-6,14H,3-4,7-8H2,(H,30,33,34). The van der Waals surface area contributed by atoms with Crippen molar-refractivity contribution in [1.29, 1.82) is 0 Å². The fourth-order valence-electron chi connectivity index (χ4n) is 4.27. The van der Waals surface area contributed by atoms with Crippen molar-refractivity contribution < 1.29 is 28.0 Å². The highest BCUT2D eigenvalue weighted by molar-refractivity contribution is 6.59. The lowest BCUT2D eigenvalue weighted by Gasteiger charge is -2.29. The van der Waals surface area contributed by atoms with Gasteiger partial charge in [-0.1, -0.05) is 46.2 Å². The molecule has 2 aliphatic heterocycles. The molecule has 1 atom stereocenters. The lowest BCUT2D eigenvalue weighted by atomic mass is 9.72. The number of carbonyl (C=O) groups excluding carboxylic acids is 4. The molecule has 2 aromatic rings. The maximum absolute atomic E-state index is 15.0. The molecule has 0 aliphatic carbocycles. The van der Waals surface area contributed by atoms with Crippen LogP contribution in [0.25, 0.3) is 0 Å². The van der Waals surface area contributed by atoms with Crippen molar-refractivity contribution in [2.75, 3.05) is 0 Å². The molecule has 1 saturated heterocycles. The Balaban J connectivity index is 1.52. The van der Waals surface area contributed by atoms with Gasteiger partial charge in [-0.2, -0.15) is 8.78 Å². The highest BCUT2D eigenvalue weighted by Gasteiger charge is 2.44. The Labute approximate surface area is 215 Å². The van der Waals surface area contributed by atoms with Crippen molar-refractivity contribution in [2.45, 2.75) is 37.9 Å². The molecule has 0 aromatic heterocycles. The number of nitrogens with one attached hydrogen (secondary N) is 1. The van der Waals surface area contributed by atoms with E-state index in [-0.39, 0.29) is 35.3 Å². The third kappa shape index (κ3) is 4.45. The average molecular weight is 501 g/mol. The molecule has 2 heterocycles. The fraction of sp³-hybridized carbons (Fsp3) is 0.273. The number of hydrogen-bond acceptors (Lipinski definition) is 4. The Kier molecular flexibility index (Phi) is 6.81. The maximum atomic E-state index is 15.0. The van der Waals surface area contributed by atoms with E-state index < -0.39 is 53.2 Å². The van der Waals surface area contributed by atoms with Gasteiger partial charge < -0.3 is 9.71 Å². The van der Waals surface area contributed by atoms with Gasteiger partial charge in [0, 0.05) is 35.7 Å². The zero-order valence-electron chi connectivity index (χ0n) is 18.7. The molecular weight excluding hydrogens is 487 g/mol. The molecule has 4 amide bonds. The Hall–Kier alpha value is -3.07. The quantitative estimate of drug-likeness (QED) is 0.408. The Morgan fingerprint density at radius 1 is 1.17 bits per heavy atom. The summed E-state index contributed by atoms with van der Waals surface area (Å²) in [7, 11) is 22.6. The first-order valence-corrected chi connectivity index (χ1v) is 11.0. The lowest BCUT2D eigenvalue weighted by molar-refractivity contribution is -0.154. The summed E-state index contributed by atoms with van der Waals surface area (Å²) in [6.07, 6.45) is 0.302. The van der Waals surface area contributed by atoms with Crippen molar-refractivity contribution in [3.05, 3.63) is 51.5 Å². The number of fused-ring (bicyclic) bond motifs is 1. The highest BCUT2D eigenvalue weighted by atomic mass is 35.5. The number of halogens is 3. The van der Waals surface area contributed by atoms with E-state index in [1.165, 1.54) is 23.1 Å². The second kappa shape index (κ2) is 9.42. The third-order valence-electron chi connectivity index (χ3n) is 6.18. The topological polar surface area (TPSA) is 86.8 Å². The monoisotopic (exact) mass is 501 g/mol. The van der Waals surface area contributed by atoms with E-state index in [0.717, 1.165) is 6.07 Å². The summed E-state index contributed by atoms with van der Waals surface area (Å²) in [6.45, 7) is -0.352. The molecule has 2 aromatic carbocycles. The number of nitrogens with zero attached hydrogens (tertiary/aromatic N) is 2. The molecule has 1 N–H and O–H groups in total. The van der Waals surface area contributed by atoms with E-state index in [1.807, 2.05) is 0 Å². The molecule has 7 nitrogen and oxygen atoms in total. The van der Waals surface area contributed by atoms with Crippen LogP contribution in [-0.4, -0.2) is 70.9 Å². The van der Waals surface area contributed by atoms with E-state index in [0.29, 0.717) is 21.5 Å². The zero-order valence-corrected chi connectivity index (χ0v) is 19.4. The smallest absolute Gasteiger partial charge is 0.348 e. The lowest BCUT2D eigenvalue weighted by Crippen LogP contribution is -2.52. The summed E-state index contributed by atoms with van der Waals surface area (Å²) < 4.78 is 30.1. The van der Waals surface area contributed by atoms with Crippen molar-refractivity contribution >= 4 is 83.1 Å². The van der Waals surface area contributed by atoms with Crippen molar-refractivity contribution in [2.24, 2.45) is 0 Å². The summed E-state index contributed by atoms with van der Waals surface area (Å²) >= 11 is 5.83. The maximum Gasteiger partial charge on any atom is 0.348 e. The minimum Gasteiger partial charge on any atom is -0.387 e. The summed E-state index contributed by atoms with van der Waals surface area (Å²) in [6, 6.07) is 4.43. The van der Waals surface area contributed by atoms with Gasteiger partial charge in [0.1, 0.15) is 29.6 Å². The molecule has 1 fully saturated rings. The largest absolute Gasteiger partial charge is 0.387 e. The second-order valence-electron chi connectivity index (χ2n) is 8.55. The first kappa shape index (κ1) is 26.0. The normalized spacial score (nSPS) is 17.7. The molecule has 1 unspecified atom stereocenters. The third-order valence-corrected chi connectivity index (χ3v) is 6.60. The molecule has 0 saturated carbocycles. The number of amides is 4. The molecule has 14 heteroatoms. The van der Waals surface area contributed by atoms with Crippen molar-refractivity contribution in [3.63, 3.8) is 0 Å². The van der Waals surface area contributed by atoms with Gasteiger partial charge in [0.2, 0.25) is 19.8 Å². The van der Waals surface area contributed by atoms with Crippen LogP contribution < -0.4 is 21.7 Å². The molecule has 4 rings (SSSR count). The van der Waals surface area contributed by atoms with Crippen molar-refractivity contribution in [3.8, 4) is 0 Å². The van der Waals surface area contributed by atoms with Gasteiger partial charge in [-0.15, -0.1) is 0 Å². The van der Waals surface area contributed by atoms with Crippen LogP contribution >= 0.6 is 11.6 Å². The van der Waals surface area contributed by atoms with Crippen LogP contribution in [0.4, 0.5) is 8.78 Å². The highest BCUT2D eigenvalue weighted by Crippen LogP contribution is 2.31. The number of piperidine rings is 1. The van der Waals surface area contributed by atoms with Crippen LogP contribution in [-0.2, 0) is 33.4 Å². The van der Waals surface area contributed by atoms with E-state index in [9.17, 15) is 19.2 Å². The Morgan fingerprint density at radius 3 is 2.53 bits per heavy atom. The van der Waals surface area contributed by atoms with E-state index >= 15 is 8.78 Å².